The van der Waals surface area contributed by atoms with Gasteiger partial charge < -0.3 is 19.9 Å². The predicted octanol–water partition coefficient (Wildman–Crippen LogP) is 3.07. The summed E-state index contributed by atoms with van der Waals surface area (Å²) < 4.78 is 5.48. The second-order valence-electron chi connectivity index (χ2n) is 6.19. The van der Waals surface area contributed by atoms with E-state index in [1.54, 1.807) is 0 Å². The second-order valence-corrected chi connectivity index (χ2v) is 6.19. The summed E-state index contributed by atoms with van der Waals surface area (Å²) in [6.45, 7) is 12.2. The summed E-state index contributed by atoms with van der Waals surface area (Å²) in [6.07, 6.45) is 0. The third kappa shape index (κ3) is 4.60. The van der Waals surface area contributed by atoms with E-state index in [0.29, 0.717) is 12.6 Å². The zero-order valence-electron chi connectivity index (χ0n) is 15.3. The number of nitrogens with one attached hydrogen (secondary N) is 1. The Morgan fingerprint density at radius 3 is 2.40 bits per heavy atom. The van der Waals surface area contributed by atoms with Crippen molar-refractivity contribution in [3.05, 3.63) is 36.0 Å². The number of benzene rings is 1. The zero-order valence-corrected chi connectivity index (χ0v) is 15.3. The summed E-state index contributed by atoms with van der Waals surface area (Å²) in [5.41, 5.74) is 1.92. The van der Waals surface area contributed by atoms with Gasteiger partial charge in [0.05, 0.1) is 6.61 Å². The Balaban J connectivity index is 1.71. The highest BCUT2D eigenvalue weighted by atomic mass is 16.5. The van der Waals surface area contributed by atoms with Crippen LogP contribution in [-0.2, 0) is 0 Å². The fourth-order valence-corrected chi connectivity index (χ4v) is 2.99. The molecule has 0 radical (unpaired) electrons. The summed E-state index contributed by atoms with van der Waals surface area (Å²) in [5.74, 6) is 2.50. The van der Waals surface area contributed by atoms with Gasteiger partial charge in [-0.15, -0.1) is 0 Å². The standard InChI is InChI=1S/C19H27N5O/c1-4-23-10-12-24(13-11-23)18-14-15(3)20-19(22-18)21-16-6-8-17(9-7-16)25-5-2/h6-9,14H,4-5,10-13H2,1-3H3,(H,20,21,22). The van der Waals surface area contributed by atoms with E-state index < -0.39 is 0 Å². The number of ether oxygens (including phenoxy) is 1. The molecule has 1 aromatic heterocycles. The van der Waals surface area contributed by atoms with Crippen LogP contribution in [0.1, 0.15) is 19.5 Å². The lowest BCUT2D eigenvalue weighted by atomic mass is 10.3. The van der Waals surface area contributed by atoms with Crippen molar-refractivity contribution in [3.8, 4) is 5.75 Å². The van der Waals surface area contributed by atoms with Crippen LogP contribution >= 0.6 is 0 Å². The second kappa shape index (κ2) is 8.16. The Bertz CT molecular complexity index is 681. The first-order valence-electron chi connectivity index (χ1n) is 9.00. The number of likely N-dealkylation sites (N-methyl/N-ethyl adjacent to an activating group) is 1. The molecule has 25 heavy (non-hydrogen) atoms. The molecule has 134 valence electrons. The summed E-state index contributed by atoms with van der Waals surface area (Å²) in [4.78, 5) is 14.0. The number of piperazine rings is 1. The molecule has 1 fully saturated rings. The lowest BCUT2D eigenvalue weighted by Crippen LogP contribution is -2.46. The first kappa shape index (κ1) is 17.5. The number of aromatic nitrogens is 2. The fraction of sp³-hybridized carbons (Fsp3) is 0.474. The van der Waals surface area contributed by atoms with E-state index in [2.05, 4.69) is 33.1 Å². The minimum absolute atomic E-state index is 0.636. The van der Waals surface area contributed by atoms with Crippen molar-refractivity contribution in [1.29, 1.82) is 0 Å². The van der Waals surface area contributed by atoms with Gasteiger partial charge in [-0.05, 0) is 44.7 Å². The minimum Gasteiger partial charge on any atom is -0.494 e. The Morgan fingerprint density at radius 1 is 1.04 bits per heavy atom. The van der Waals surface area contributed by atoms with Crippen molar-refractivity contribution in [1.82, 2.24) is 14.9 Å². The molecule has 0 bridgehead atoms. The van der Waals surface area contributed by atoms with E-state index in [1.807, 2.05) is 38.1 Å². The van der Waals surface area contributed by atoms with Crippen LogP contribution in [0.3, 0.4) is 0 Å². The maximum Gasteiger partial charge on any atom is 0.229 e. The number of rotatable bonds is 6. The predicted molar refractivity (Wildman–Crippen MR) is 102 cm³/mol. The Morgan fingerprint density at radius 2 is 1.76 bits per heavy atom. The van der Waals surface area contributed by atoms with Crippen molar-refractivity contribution in [2.24, 2.45) is 0 Å². The maximum atomic E-state index is 5.48. The number of nitrogens with zero attached hydrogens (tertiary/aromatic N) is 4. The molecule has 2 aromatic rings. The van der Waals surface area contributed by atoms with Gasteiger partial charge in [-0.3, -0.25) is 0 Å². The molecule has 0 saturated carbocycles. The van der Waals surface area contributed by atoms with E-state index in [4.69, 9.17) is 9.72 Å². The monoisotopic (exact) mass is 341 g/mol. The average Bonchev–Trinajstić information content (AvgIpc) is 2.63. The van der Waals surface area contributed by atoms with Crippen molar-refractivity contribution in [2.75, 3.05) is 49.5 Å². The van der Waals surface area contributed by atoms with Crippen molar-refractivity contribution in [3.63, 3.8) is 0 Å². The summed E-state index contributed by atoms with van der Waals surface area (Å²) in [6, 6.07) is 9.93. The van der Waals surface area contributed by atoms with Crippen LogP contribution in [0.5, 0.6) is 5.75 Å². The molecule has 0 aliphatic carbocycles. The van der Waals surface area contributed by atoms with Crippen LogP contribution in [0, 0.1) is 6.92 Å². The number of hydrogen-bond donors (Lipinski definition) is 1. The Hall–Kier alpha value is -2.34. The molecule has 1 aromatic carbocycles. The molecule has 0 spiro atoms. The molecule has 1 N–H and O–H groups in total. The van der Waals surface area contributed by atoms with E-state index in [-0.39, 0.29) is 0 Å². The molecule has 3 rings (SSSR count). The van der Waals surface area contributed by atoms with Gasteiger partial charge in [0.25, 0.3) is 0 Å². The van der Waals surface area contributed by atoms with Gasteiger partial charge in [0.1, 0.15) is 11.6 Å². The number of aryl methyl sites for hydroxylation is 1. The quantitative estimate of drug-likeness (QED) is 0.871. The molecule has 6 nitrogen and oxygen atoms in total. The highest BCUT2D eigenvalue weighted by Gasteiger charge is 2.17. The van der Waals surface area contributed by atoms with Crippen LogP contribution in [0.25, 0.3) is 0 Å². The molecule has 1 aliphatic heterocycles. The smallest absolute Gasteiger partial charge is 0.229 e. The summed E-state index contributed by atoms with van der Waals surface area (Å²) >= 11 is 0. The summed E-state index contributed by atoms with van der Waals surface area (Å²) in [5, 5.41) is 3.30. The van der Waals surface area contributed by atoms with Crippen LogP contribution in [0.15, 0.2) is 30.3 Å². The van der Waals surface area contributed by atoms with Crippen molar-refractivity contribution < 1.29 is 4.74 Å². The van der Waals surface area contributed by atoms with Crippen LogP contribution in [0.4, 0.5) is 17.5 Å². The topological polar surface area (TPSA) is 53.5 Å². The lowest BCUT2D eigenvalue weighted by Gasteiger charge is -2.34. The Labute approximate surface area is 149 Å². The molecule has 2 heterocycles. The molecule has 0 atom stereocenters. The SMILES string of the molecule is CCOc1ccc(Nc2nc(C)cc(N3CCN(CC)CC3)n2)cc1. The van der Waals surface area contributed by atoms with E-state index in [1.165, 1.54) is 0 Å². The minimum atomic E-state index is 0.636. The van der Waals surface area contributed by atoms with Gasteiger partial charge in [0.2, 0.25) is 5.95 Å². The average molecular weight is 341 g/mol. The number of hydrogen-bond acceptors (Lipinski definition) is 6. The first-order valence-corrected chi connectivity index (χ1v) is 9.00. The molecular formula is C19H27N5O. The van der Waals surface area contributed by atoms with Gasteiger partial charge in [0, 0.05) is 43.6 Å². The van der Waals surface area contributed by atoms with E-state index >= 15 is 0 Å². The number of anilines is 3. The van der Waals surface area contributed by atoms with Crippen LogP contribution in [-0.4, -0.2) is 54.2 Å². The Kier molecular flexibility index (Phi) is 5.71. The maximum absolute atomic E-state index is 5.48. The van der Waals surface area contributed by atoms with E-state index in [9.17, 15) is 0 Å². The van der Waals surface area contributed by atoms with Crippen molar-refractivity contribution >= 4 is 17.5 Å². The van der Waals surface area contributed by atoms with Crippen molar-refractivity contribution in [2.45, 2.75) is 20.8 Å². The lowest BCUT2D eigenvalue weighted by molar-refractivity contribution is 0.270. The van der Waals surface area contributed by atoms with E-state index in [0.717, 1.165) is 55.7 Å². The van der Waals surface area contributed by atoms with Gasteiger partial charge in [-0.2, -0.15) is 4.98 Å². The fourth-order valence-electron chi connectivity index (χ4n) is 2.99. The van der Waals surface area contributed by atoms with Crippen LogP contribution < -0.4 is 15.0 Å². The molecule has 1 saturated heterocycles. The zero-order chi connectivity index (χ0) is 17.6. The molecular weight excluding hydrogens is 314 g/mol. The summed E-state index contributed by atoms with van der Waals surface area (Å²) in [7, 11) is 0. The third-order valence-electron chi connectivity index (χ3n) is 4.41. The highest BCUT2D eigenvalue weighted by Crippen LogP contribution is 2.21. The first-order chi connectivity index (χ1) is 12.2. The highest BCUT2D eigenvalue weighted by molar-refractivity contribution is 5.56. The van der Waals surface area contributed by atoms with Gasteiger partial charge in [-0.25, -0.2) is 4.98 Å². The third-order valence-corrected chi connectivity index (χ3v) is 4.41. The molecule has 6 heteroatoms. The molecule has 0 amide bonds. The molecule has 1 aliphatic rings. The molecule has 0 unspecified atom stereocenters. The van der Waals surface area contributed by atoms with Gasteiger partial charge >= 0.3 is 0 Å². The largest absolute Gasteiger partial charge is 0.494 e. The van der Waals surface area contributed by atoms with Crippen LogP contribution in [0.2, 0.25) is 0 Å². The normalized spacial score (nSPS) is 15.2. The van der Waals surface area contributed by atoms with Gasteiger partial charge in [0.15, 0.2) is 0 Å². The van der Waals surface area contributed by atoms with Gasteiger partial charge in [-0.1, -0.05) is 6.92 Å².